The second kappa shape index (κ2) is 10.8. The molecule has 4 rings (SSSR count). The molecule has 0 radical (unpaired) electrons. The molecule has 3 N–H and O–H groups in total. The van der Waals surface area contributed by atoms with Gasteiger partial charge in [-0.2, -0.15) is 0 Å². The maximum atomic E-state index is 13.9. The standard InChI is InChI=1S/C28H30FN3O3/c1-18(30)28(34)32-17-23(19-13-15-22(29)16-14-19)26(35-2)25(32)27(33)31-24(20-9-5-3-6-10-20)21-11-7-4-8-12-21/h3-16,18,23-26H,17,30H2,1-2H3,(H,31,33)/t18-,23+,25-,26?/m0/s1. The molecule has 0 aliphatic carbocycles. The molecular formula is C28H30FN3O3. The van der Waals surface area contributed by atoms with E-state index in [9.17, 15) is 14.0 Å². The van der Waals surface area contributed by atoms with E-state index in [-0.39, 0.29) is 30.1 Å². The highest BCUT2D eigenvalue weighted by Gasteiger charge is 2.49. The minimum absolute atomic E-state index is 0.240. The molecule has 3 aromatic rings. The molecule has 6 nitrogen and oxygen atoms in total. The van der Waals surface area contributed by atoms with Crippen LogP contribution in [0.1, 0.15) is 35.6 Å². The van der Waals surface area contributed by atoms with Crippen molar-refractivity contribution in [2.75, 3.05) is 13.7 Å². The second-order valence-corrected chi connectivity index (χ2v) is 8.85. The molecule has 1 aliphatic heterocycles. The molecule has 0 spiro atoms. The lowest BCUT2D eigenvalue weighted by Crippen LogP contribution is -2.54. The van der Waals surface area contributed by atoms with Gasteiger partial charge in [0.25, 0.3) is 0 Å². The normalized spacial score (nSPS) is 20.6. The lowest BCUT2D eigenvalue weighted by Gasteiger charge is -2.30. The van der Waals surface area contributed by atoms with E-state index in [1.54, 1.807) is 19.1 Å². The molecule has 0 aromatic heterocycles. The van der Waals surface area contributed by atoms with Crippen LogP contribution in [-0.2, 0) is 14.3 Å². The van der Waals surface area contributed by atoms with E-state index in [0.717, 1.165) is 16.7 Å². The molecule has 182 valence electrons. The maximum Gasteiger partial charge on any atom is 0.246 e. The molecule has 1 heterocycles. The van der Waals surface area contributed by atoms with Gasteiger partial charge in [0.1, 0.15) is 11.9 Å². The number of rotatable bonds is 7. The number of nitrogens with one attached hydrogen (secondary N) is 1. The molecule has 1 saturated heterocycles. The number of amides is 2. The fourth-order valence-electron chi connectivity index (χ4n) is 4.78. The molecule has 35 heavy (non-hydrogen) atoms. The van der Waals surface area contributed by atoms with E-state index in [4.69, 9.17) is 10.5 Å². The number of ether oxygens (including phenoxy) is 1. The molecule has 0 saturated carbocycles. The van der Waals surface area contributed by atoms with Crippen LogP contribution in [-0.4, -0.2) is 48.6 Å². The smallest absolute Gasteiger partial charge is 0.246 e. The van der Waals surface area contributed by atoms with Gasteiger partial charge in [-0.05, 0) is 35.7 Å². The van der Waals surface area contributed by atoms with Gasteiger partial charge in [-0.3, -0.25) is 9.59 Å². The van der Waals surface area contributed by atoms with Crippen molar-refractivity contribution in [2.24, 2.45) is 5.73 Å². The Morgan fingerprint density at radius 3 is 2.00 bits per heavy atom. The van der Waals surface area contributed by atoms with Crippen LogP contribution in [0.15, 0.2) is 84.9 Å². The van der Waals surface area contributed by atoms with Gasteiger partial charge in [-0.1, -0.05) is 72.8 Å². The van der Waals surface area contributed by atoms with Crippen molar-refractivity contribution in [2.45, 2.75) is 37.1 Å². The van der Waals surface area contributed by atoms with Crippen molar-refractivity contribution < 1.29 is 18.7 Å². The molecule has 1 aliphatic rings. The van der Waals surface area contributed by atoms with Crippen molar-refractivity contribution in [3.05, 3.63) is 107 Å². The van der Waals surface area contributed by atoms with Crippen molar-refractivity contribution in [1.29, 1.82) is 0 Å². The Labute approximate surface area is 204 Å². The predicted octanol–water partition coefficient (Wildman–Crippen LogP) is 3.39. The second-order valence-electron chi connectivity index (χ2n) is 8.85. The molecule has 0 bridgehead atoms. The zero-order valence-corrected chi connectivity index (χ0v) is 19.8. The van der Waals surface area contributed by atoms with Gasteiger partial charge in [-0.15, -0.1) is 0 Å². The number of halogens is 1. The Balaban J connectivity index is 1.69. The largest absolute Gasteiger partial charge is 0.378 e. The van der Waals surface area contributed by atoms with Crippen LogP contribution in [0.25, 0.3) is 0 Å². The number of likely N-dealkylation sites (tertiary alicyclic amines) is 1. The van der Waals surface area contributed by atoms with Gasteiger partial charge in [0.05, 0.1) is 18.2 Å². The molecule has 3 aromatic carbocycles. The van der Waals surface area contributed by atoms with Gasteiger partial charge in [0.2, 0.25) is 11.8 Å². The number of carbonyl (C=O) groups excluding carboxylic acids is 2. The highest BCUT2D eigenvalue weighted by molar-refractivity contribution is 5.91. The Kier molecular flexibility index (Phi) is 7.58. The summed E-state index contributed by atoms with van der Waals surface area (Å²) in [5.74, 6) is -1.35. The van der Waals surface area contributed by atoms with Crippen LogP contribution < -0.4 is 11.1 Å². The van der Waals surface area contributed by atoms with Crippen LogP contribution in [0.4, 0.5) is 4.39 Å². The van der Waals surface area contributed by atoms with E-state index in [1.165, 1.54) is 24.1 Å². The lowest BCUT2D eigenvalue weighted by molar-refractivity contribution is -0.142. The van der Waals surface area contributed by atoms with Crippen molar-refractivity contribution in [1.82, 2.24) is 10.2 Å². The zero-order chi connectivity index (χ0) is 24.9. The SMILES string of the molecule is COC1[C@@H](c2ccc(F)cc2)CN(C(=O)[C@H](C)N)[C@@H]1C(=O)NC(c1ccccc1)c1ccccc1. The molecular weight excluding hydrogens is 445 g/mol. The summed E-state index contributed by atoms with van der Waals surface area (Å²) in [6.45, 7) is 1.84. The number of nitrogens with two attached hydrogens (primary N) is 1. The van der Waals surface area contributed by atoms with Crippen LogP contribution in [0.2, 0.25) is 0 Å². The van der Waals surface area contributed by atoms with Gasteiger partial charge in [-0.25, -0.2) is 4.39 Å². The van der Waals surface area contributed by atoms with Crippen molar-refractivity contribution in [3.63, 3.8) is 0 Å². The van der Waals surface area contributed by atoms with Gasteiger partial charge in [0, 0.05) is 19.6 Å². The third kappa shape index (κ3) is 5.26. The third-order valence-electron chi connectivity index (χ3n) is 6.50. The quantitative estimate of drug-likeness (QED) is 0.549. The summed E-state index contributed by atoms with van der Waals surface area (Å²) >= 11 is 0. The minimum Gasteiger partial charge on any atom is -0.378 e. The summed E-state index contributed by atoms with van der Waals surface area (Å²) in [6, 6.07) is 23.3. The summed E-state index contributed by atoms with van der Waals surface area (Å²) in [6.07, 6.45) is -0.629. The molecule has 7 heteroatoms. The van der Waals surface area contributed by atoms with E-state index in [1.807, 2.05) is 60.7 Å². The first-order valence-corrected chi connectivity index (χ1v) is 11.6. The summed E-state index contributed by atoms with van der Waals surface area (Å²) < 4.78 is 19.4. The Bertz CT molecular complexity index is 1100. The summed E-state index contributed by atoms with van der Waals surface area (Å²) in [5.41, 5.74) is 8.56. The fraction of sp³-hybridized carbons (Fsp3) is 0.286. The predicted molar refractivity (Wildman–Crippen MR) is 132 cm³/mol. The first-order chi connectivity index (χ1) is 16.9. The van der Waals surface area contributed by atoms with Gasteiger partial charge >= 0.3 is 0 Å². The molecule has 1 fully saturated rings. The topological polar surface area (TPSA) is 84.7 Å². The molecule has 2 amide bonds. The van der Waals surface area contributed by atoms with Crippen LogP contribution in [0, 0.1) is 5.82 Å². The van der Waals surface area contributed by atoms with Crippen LogP contribution in [0.5, 0.6) is 0 Å². The molecule has 1 unspecified atom stereocenters. The summed E-state index contributed by atoms with van der Waals surface area (Å²) in [4.78, 5) is 28.4. The van der Waals surface area contributed by atoms with E-state index in [0.29, 0.717) is 0 Å². The minimum atomic E-state index is -0.900. The lowest BCUT2D eigenvalue weighted by atomic mass is 9.92. The number of hydrogen-bond acceptors (Lipinski definition) is 4. The Morgan fingerprint density at radius 1 is 0.971 bits per heavy atom. The zero-order valence-electron chi connectivity index (χ0n) is 19.8. The van der Waals surface area contributed by atoms with Crippen molar-refractivity contribution >= 4 is 11.8 Å². The number of carbonyl (C=O) groups is 2. The highest BCUT2D eigenvalue weighted by Crippen LogP contribution is 2.35. The first kappa shape index (κ1) is 24.6. The van der Waals surface area contributed by atoms with Crippen LogP contribution >= 0.6 is 0 Å². The van der Waals surface area contributed by atoms with E-state index in [2.05, 4.69) is 5.32 Å². The number of methoxy groups -OCH3 is 1. The summed E-state index contributed by atoms with van der Waals surface area (Å²) in [7, 11) is 1.52. The Hall–Kier alpha value is -3.55. The highest BCUT2D eigenvalue weighted by atomic mass is 19.1. The van der Waals surface area contributed by atoms with Gasteiger partial charge in [0.15, 0.2) is 0 Å². The summed E-state index contributed by atoms with van der Waals surface area (Å²) in [5, 5.41) is 3.15. The van der Waals surface area contributed by atoms with Gasteiger partial charge < -0.3 is 20.7 Å². The average molecular weight is 476 g/mol. The number of hydrogen-bond donors (Lipinski definition) is 2. The Morgan fingerprint density at radius 2 is 1.51 bits per heavy atom. The molecule has 4 atom stereocenters. The van der Waals surface area contributed by atoms with E-state index < -0.39 is 24.2 Å². The van der Waals surface area contributed by atoms with Crippen LogP contribution in [0.3, 0.4) is 0 Å². The number of benzene rings is 3. The third-order valence-corrected chi connectivity index (χ3v) is 6.50. The maximum absolute atomic E-state index is 13.9. The fourth-order valence-corrected chi connectivity index (χ4v) is 4.78. The first-order valence-electron chi connectivity index (χ1n) is 11.6. The van der Waals surface area contributed by atoms with E-state index >= 15 is 0 Å². The van der Waals surface area contributed by atoms with Crippen molar-refractivity contribution in [3.8, 4) is 0 Å². The average Bonchev–Trinajstić information content (AvgIpc) is 3.27. The number of nitrogens with zero attached hydrogens (tertiary/aromatic N) is 1. The monoisotopic (exact) mass is 475 g/mol.